The third kappa shape index (κ3) is 6.52. The molecule has 0 saturated carbocycles. The summed E-state index contributed by atoms with van der Waals surface area (Å²) in [6.07, 6.45) is 2.08. The molecule has 1 saturated heterocycles. The largest absolute Gasteiger partial charge is 0.504 e. The molecule has 1 aromatic heterocycles. The number of amides is 1. The predicted octanol–water partition coefficient (Wildman–Crippen LogP) is 2.69. The minimum absolute atomic E-state index is 0.159. The molecular weight excluding hydrogens is 448 g/mol. The van der Waals surface area contributed by atoms with Crippen molar-refractivity contribution < 1.29 is 23.8 Å². The molecule has 1 fully saturated rings. The van der Waals surface area contributed by atoms with Crippen molar-refractivity contribution in [3.63, 3.8) is 0 Å². The average Bonchev–Trinajstić information content (AvgIpc) is 3.34. The van der Waals surface area contributed by atoms with Gasteiger partial charge in [-0.3, -0.25) is 14.6 Å². The summed E-state index contributed by atoms with van der Waals surface area (Å²) in [6, 6.07) is 13.3. The number of aromatic hydroxyl groups is 1. The van der Waals surface area contributed by atoms with Crippen LogP contribution in [0.4, 0.5) is 0 Å². The lowest BCUT2D eigenvalue weighted by atomic mass is 10.1. The van der Waals surface area contributed by atoms with Crippen molar-refractivity contribution in [2.24, 2.45) is 0 Å². The SMILES string of the molecule is COc1ccc(CN2CCN(Cc3nc(C(=O)NCCc4ccccc4OC)co3)CC2)cc1O. The highest BCUT2D eigenvalue weighted by Crippen LogP contribution is 2.27. The first-order valence-electron chi connectivity index (χ1n) is 11.7. The van der Waals surface area contributed by atoms with Gasteiger partial charge >= 0.3 is 0 Å². The number of nitrogens with zero attached hydrogens (tertiary/aromatic N) is 3. The average molecular weight is 481 g/mol. The zero-order valence-electron chi connectivity index (χ0n) is 20.2. The van der Waals surface area contributed by atoms with E-state index >= 15 is 0 Å². The number of hydrogen-bond donors (Lipinski definition) is 2. The molecule has 2 aromatic carbocycles. The van der Waals surface area contributed by atoms with E-state index in [0.717, 1.165) is 49.6 Å². The van der Waals surface area contributed by atoms with E-state index in [1.807, 2.05) is 30.3 Å². The van der Waals surface area contributed by atoms with E-state index in [-0.39, 0.29) is 17.4 Å². The molecule has 9 heteroatoms. The Morgan fingerprint density at radius 2 is 1.74 bits per heavy atom. The molecule has 0 bridgehead atoms. The second kappa shape index (κ2) is 11.7. The van der Waals surface area contributed by atoms with Gasteiger partial charge in [0, 0.05) is 39.3 Å². The molecule has 0 atom stereocenters. The summed E-state index contributed by atoms with van der Waals surface area (Å²) in [4.78, 5) is 21.4. The van der Waals surface area contributed by atoms with Gasteiger partial charge in [0.25, 0.3) is 5.91 Å². The highest BCUT2D eigenvalue weighted by atomic mass is 16.5. The summed E-state index contributed by atoms with van der Waals surface area (Å²) >= 11 is 0. The van der Waals surface area contributed by atoms with Crippen LogP contribution in [0.15, 0.2) is 53.1 Å². The van der Waals surface area contributed by atoms with Crippen molar-refractivity contribution in [2.45, 2.75) is 19.5 Å². The van der Waals surface area contributed by atoms with Gasteiger partial charge in [-0.15, -0.1) is 0 Å². The Hall–Kier alpha value is -3.56. The van der Waals surface area contributed by atoms with Gasteiger partial charge < -0.3 is 24.3 Å². The van der Waals surface area contributed by atoms with Crippen molar-refractivity contribution in [2.75, 3.05) is 46.9 Å². The molecule has 0 spiro atoms. The van der Waals surface area contributed by atoms with Crippen molar-refractivity contribution in [3.05, 3.63) is 71.4 Å². The molecule has 1 amide bonds. The number of nitrogens with one attached hydrogen (secondary N) is 1. The van der Waals surface area contributed by atoms with Gasteiger partial charge in [-0.2, -0.15) is 0 Å². The molecule has 9 nitrogen and oxygen atoms in total. The van der Waals surface area contributed by atoms with E-state index in [4.69, 9.17) is 13.9 Å². The number of piperazine rings is 1. The molecule has 2 heterocycles. The molecule has 1 aliphatic heterocycles. The van der Waals surface area contributed by atoms with Crippen LogP contribution in [-0.4, -0.2) is 72.7 Å². The number of rotatable bonds is 10. The highest BCUT2D eigenvalue weighted by Gasteiger charge is 2.20. The maximum absolute atomic E-state index is 12.5. The fraction of sp³-hybridized carbons (Fsp3) is 0.385. The number of phenols is 1. The number of oxazole rings is 1. The quantitative estimate of drug-likeness (QED) is 0.457. The number of ether oxygens (including phenoxy) is 2. The van der Waals surface area contributed by atoms with E-state index < -0.39 is 0 Å². The lowest BCUT2D eigenvalue weighted by Crippen LogP contribution is -2.45. The summed E-state index contributed by atoms with van der Waals surface area (Å²) < 4.78 is 16.0. The Bertz CT molecular complexity index is 1120. The van der Waals surface area contributed by atoms with Crippen molar-refractivity contribution in [1.82, 2.24) is 20.1 Å². The fourth-order valence-electron chi connectivity index (χ4n) is 4.19. The number of carbonyl (C=O) groups is 1. The lowest BCUT2D eigenvalue weighted by Gasteiger charge is -2.34. The molecule has 2 N–H and O–H groups in total. The minimum Gasteiger partial charge on any atom is -0.504 e. The fourth-order valence-corrected chi connectivity index (χ4v) is 4.19. The Labute approximate surface area is 205 Å². The lowest BCUT2D eigenvalue weighted by molar-refractivity contribution is 0.0948. The second-order valence-corrected chi connectivity index (χ2v) is 8.50. The molecule has 0 unspecified atom stereocenters. The topological polar surface area (TPSA) is 100 Å². The molecule has 0 radical (unpaired) electrons. The van der Waals surface area contributed by atoms with E-state index in [1.165, 1.54) is 6.26 Å². The summed E-state index contributed by atoms with van der Waals surface area (Å²) in [7, 11) is 3.18. The first-order chi connectivity index (χ1) is 17.1. The number of benzene rings is 2. The number of para-hydroxylation sites is 1. The maximum atomic E-state index is 12.5. The van der Waals surface area contributed by atoms with E-state index in [2.05, 4.69) is 20.1 Å². The molecule has 35 heavy (non-hydrogen) atoms. The highest BCUT2D eigenvalue weighted by molar-refractivity contribution is 5.91. The third-order valence-electron chi connectivity index (χ3n) is 6.13. The van der Waals surface area contributed by atoms with Crippen LogP contribution in [0.1, 0.15) is 27.5 Å². The number of hydrogen-bond acceptors (Lipinski definition) is 8. The first-order valence-corrected chi connectivity index (χ1v) is 11.7. The van der Waals surface area contributed by atoms with Crippen LogP contribution in [0.5, 0.6) is 17.2 Å². The Kier molecular flexibility index (Phi) is 8.23. The van der Waals surface area contributed by atoms with Crippen molar-refractivity contribution in [3.8, 4) is 17.2 Å². The van der Waals surface area contributed by atoms with Crippen LogP contribution in [0.3, 0.4) is 0 Å². The zero-order valence-corrected chi connectivity index (χ0v) is 20.2. The third-order valence-corrected chi connectivity index (χ3v) is 6.13. The normalized spacial score (nSPS) is 14.6. The standard InChI is InChI=1S/C26H32N4O5/c1-33-23-6-4-3-5-20(23)9-10-27-26(32)21-18-35-25(28-21)17-30-13-11-29(12-14-30)16-19-7-8-24(34-2)22(31)15-19/h3-8,15,18,31H,9-14,16-17H2,1-2H3,(H,27,32). The monoisotopic (exact) mass is 480 g/mol. The Morgan fingerprint density at radius 3 is 2.46 bits per heavy atom. The molecular formula is C26H32N4O5. The van der Waals surface area contributed by atoms with Crippen LogP contribution in [0, 0.1) is 0 Å². The second-order valence-electron chi connectivity index (χ2n) is 8.50. The van der Waals surface area contributed by atoms with Crippen LogP contribution in [0.2, 0.25) is 0 Å². The van der Waals surface area contributed by atoms with Gasteiger partial charge in [-0.05, 0) is 35.7 Å². The zero-order chi connectivity index (χ0) is 24.6. The number of phenolic OH excluding ortho intramolecular Hbond substituents is 1. The smallest absolute Gasteiger partial charge is 0.273 e. The van der Waals surface area contributed by atoms with Crippen LogP contribution >= 0.6 is 0 Å². The molecule has 186 valence electrons. The van der Waals surface area contributed by atoms with Gasteiger partial charge in [0.15, 0.2) is 17.2 Å². The van der Waals surface area contributed by atoms with Gasteiger partial charge in [0.1, 0.15) is 12.0 Å². The molecule has 0 aliphatic carbocycles. The molecule has 1 aliphatic rings. The number of methoxy groups -OCH3 is 2. The van der Waals surface area contributed by atoms with E-state index in [0.29, 0.717) is 31.2 Å². The maximum Gasteiger partial charge on any atom is 0.273 e. The van der Waals surface area contributed by atoms with Crippen LogP contribution in [-0.2, 0) is 19.5 Å². The van der Waals surface area contributed by atoms with Gasteiger partial charge in [0.2, 0.25) is 5.89 Å². The first kappa shape index (κ1) is 24.6. The minimum atomic E-state index is -0.248. The van der Waals surface area contributed by atoms with Crippen LogP contribution in [0.25, 0.3) is 0 Å². The van der Waals surface area contributed by atoms with Gasteiger partial charge in [0.05, 0.1) is 20.8 Å². The summed E-state index contributed by atoms with van der Waals surface area (Å²) in [5, 5.41) is 12.9. The van der Waals surface area contributed by atoms with Crippen LogP contribution < -0.4 is 14.8 Å². The van der Waals surface area contributed by atoms with Crippen molar-refractivity contribution >= 4 is 5.91 Å². The Morgan fingerprint density at radius 1 is 1.03 bits per heavy atom. The number of carbonyl (C=O) groups excluding carboxylic acids is 1. The Balaban J connectivity index is 1.20. The van der Waals surface area contributed by atoms with E-state index in [1.54, 1.807) is 26.4 Å². The number of aromatic nitrogens is 1. The van der Waals surface area contributed by atoms with Crippen molar-refractivity contribution in [1.29, 1.82) is 0 Å². The molecule has 4 rings (SSSR count). The van der Waals surface area contributed by atoms with Gasteiger partial charge in [-0.25, -0.2) is 4.98 Å². The molecule has 3 aromatic rings. The van der Waals surface area contributed by atoms with E-state index in [9.17, 15) is 9.90 Å². The summed E-state index contributed by atoms with van der Waals surface area (Å²) in [5.74, 6) is 1.74. The summed E-state index contributed by atoms with van der Waals surface area (Å²) in [5.41, 5.74) is 2.38. The predicted molar refractivity (Wildman–Crippen MR) is 131 cm³/mol. The van der Waals surface area contributed by atoms with Gasteiger partial charge in [-0.1, -0.05) is 24.3 Å². The summed E-state index contributed by atoms with van der Waals surface area (Å²) in [6.45, 7) is 5.33.